The summed E-state index contributed by atoms with van der Waals surface area (Å²) in [5, 5.41) is 16.8. The highest BCUT2D eigenvalue weighted by molar-refractivity contribution is 5.66. The van der Waals surface area contributed by atoms with Crippen molar-refractivity contribution in [3.8, 4) is 0 Å². The largest absolute Gasteiger partial charge is 0.481 e. The normalized spacial score (nSPS) is 10.2. The number of carboxylic acids is 2. The summed E-state index contributed by atoms with van der Waals surface area (Å²) in [6, 6.07) is 0. The van der Waals surface area contributed by atoms with Crippen molar-refractivity contribution >= 4 is 11.9 Å². The van der Waals surface area contributed by atoms with E-state index in [1.807, 2.05) is 0 Å². The predicted octanol–water partition coefficient (Wildman–Crippen LogP) is 3.06. The minimum Gasteiger partial charge on any atom is -0.481 e. The molecule has 0 aliphatic carbocycles. The molecule has 0 bridgehead atoms. The van der Waals surface area contributed by atoms with Crippen LogP contribution in [0.5, 0.6) is 0 Å². The lowest BCUT2D eigenvalue weighted by atomic mass is 10.1. The molecule has 0 aliphatic rings. The van der Waals surface area contributed by atoms with Crippen LogP contribution >= 0.6 is 0 Å². The molecule has 0 fully saturated rings. The van der Waals surface area contributed by atoms with Crippen LogP contribution in [-0.2, 0) is 9.59 Å². The van der Waals surface area contributed by atoms with Crippen molar-refractivity contribution < 1.29 is 19.8 Å². The van der Waals surface area contributed by atoms with E-state index in [1.54, 1.807) is 0 Å². The van der Waals surface area contributed by atoms with Gasteiger partial charge in [-0.1, -0.05) is 38.5 Å². The molecule has 0 rings (SSSR count). The van der Waals surface area contributed by atoms with Gasteiger partial charge in [0.2, 0.25) is 0 Å². The Bertz CT molecular complexity index is 179. The van der Waals surface area contributed by atoms with Crippen LogP contribution in [0.15, 0.2) is 0 Å². The molecule has 0 amide bonds. The Morgan fingerprint density at radius 2 is 0.812 bits per heavy atom. The van der Waals surface area contributed by atoms with E-state index in [4.69, 9.17) is 10.2 Å². The highest BCUT2D eigenvalue weighted by Crippen LogP contribution is 2.10. The topological polar surface area (TPSA) is 74.6 Å². The van der Waals surface area contributed by atoms with Crippen LogP contribution in [0.1, 0.15) is 64.2 Å². The summed E-state index contributed by atoms with van der Waals surface area (Å²) in [6.07, 6.45) is 8.51. The molecule has 0 spiro atoms. The molecule has 4 heteroatoms. The fourth-order valence-electron chi connectivity index (χ4n) is 1.61. The molecule has 0 unspecified atom stereocenters. The van der Waals surface area contributed by atoms with Crippen molar-refractivity contribution in [1.82, 2.24) is 0 Å². The van der Waals surface area contributed by atoms with Crippen LogP contribution in [-0.4, -0.2) is 22.2 Å². The third kappa shape index (κ3) is 12.9. The number of hydrogen-bond acceptors (Lipinski definition) is 2. The average Bonchev–Trinajstić information content (AvgIpc) is 2.20. The molecule has 0 aliphatic heterocycles. The van der Waals surface area contributed by atoms with Gasteiger partial charge in [0.25, 0.3) is 0 Å². The van der Waals surface area contributed by atoms with Crippen molar-refractivity contribution in [3.63, 3.8) is 0 Å². The first kappa shape index (κ1) is 14.9. The fourth-order valence-corrected chi connectivity index (χ4v) is 1.61. The molecule has 0 aromatic carbocycles. The molecule has 0 heterocycles. The van der Waals surface area contributed by atoms with Crippen LogP contribution in [0.4, 0.5) is 0 Å². The van der Waals surface area contributed by atoms with Crippen LogP contribution in [0.2, 0.25) is 0 Å². The Kier molecular flexibility index (Phi) is 9.76. The lowest BCUT2D eigenvalue weighted by molar-refractivity contribution is -0.138. The standard InChI is InChI=1S/C12H22O4/c13-11(14)9-7-5-3-1-2-4-6-8-10-12(15)16/h1-10H2,(H,13,14)(H,15,16)/i9+1,10+1,11+1,12+1. The van der Waals surface area contributed by atoms with Gasteiger partial charge in [0, 0.05) is 12.8 Å². The van der Waals surface area contributed by atoms with Gasteiger partial charge in [-0.3, -0.25) is 9.59 Å². The Labute approximate surface area is 96.7 Å². The van der Waals surface area contributed by atoms with Crippen molar-refractivity contribution in [1.29, 1.82) is 0 Å². The van der Waals surface area contributed by atoms with Crippen LogP contribution in [0.3, 0.4) is 0 Å². The number of carboxylic acid groups (broad SMARTS) is 2. The van der Waals surface area contributed by atoms with Crippen molar-refractivity contribution in [2.45, 2.75) is 64.2 Å². The number of carbonyl (C=O) groups is 2. The number of unbranched alkanes of at least 4 members (excludes halogenated alkanes) is 7. The van der Waals surface area contributed by atoms with Gasteiger partial charge in [0.05, 0.1) is 0 Å². The number of aliphatic carboxylic acids is 2. The maximum atomic E-state index is 10.2. The molecule has 0 radical (unpaired) electrons. The van der Waals surface area contributed by atoms with Gasteiger partial charge >= 0.3 is 11.9 Å². The maximum absolute atomic E-state index is 10.2. The van der Waals surface area contributed by atoms with Crippen LogP contribution in [0.25, 0.3) is 0 Å². The summed E-state index contributed by atoms with van der Waals surface area (Å²) in [5.41, 5.74) is 0. The second-order valence-electron chi connectivity index (χ2n) is 4.12. The third-order valence-corrected chi connectivity index (χ3v) is 2.53. The smallest absolute Gasteiger partial charge is 0.303 e. The Morgan fingerprint density at radius 1 is 0.562 bits per heavy atom. The number of hydrogen-bond donors (Lipinski definition) is 2. The molecule has 0 saturated carbocycles. The summed E-state index contributed by atoms with van der Waals surface area (Å²) in [6.45, 7) is 0. The monoisotopic (exact) mass is 234 g/mol. The van der Waals surface area contributed by atoms with E-state index in [-0.39, 0.29) is 12.8 Å². The Balaban J connectivity index is 2.98. The zero-order valence-corrected chi connectivity index (χ0v) is 9.78. The molecule has 2 N–H and O–H groups in total. The molecular weight excluding hydrogens is 212 g/mol. The summed E-state index contributed by atoms with van der Waals surface area (Å²) < 4.78 is 0. The fraction of sp³-hybridized carbons (Fsp3) is 0.833. The zero-order valence-electron chi connectivity index (χ0n) is 9.78. The van der Waals surface area contributed by atoms with E-state index in [9.17, 15) is 9.59 Å². The molecule has 4 nitrogen and oxygen atoms in total. The summed E-state index contributed by atoms with van der Waals surface area (Å²) >= 11 is 0. The van der Waals surface area contributed by atoms with Crippen molar-refractivity contribution in [3.05, 3.63) is 0 Å². The van der Waals surface area contributed by atoms with Gasteiger partial charge in [-0.2, -0.15) is 0 Å². The average molecular weight is 234 g/mol. The summed E-state index contributed by atoms with van der Waals surface area (Å²) in [5.74, 6) is -1.43. The van der Waals surface area contributed by atoms with Gasteiger partial charge in [-0.15, -0.1) is 0 Å². The lowest BCUT2D eigenvalue weighted by Gasteiger charge is -2.00. The van der Waals surface area contributed by atoms with Gasteiger partial charge in [0.15, 0.2) is 0 Å². The van der Waals surface area contributed by atoms with Crippen LogP contribution < -0.4 is 0 Å². The van der Waals surface area contributed by atoms with Crippen molar-refractivity contribution in [2.75, 3.05) is 0 Å². The maximum Gasteiger partial charge on any atom is 0.303 e. The minimum atomic E-state index is -0.714. The highest BCUT2D eigenvalue weighted by atomic mass is 16.5. The summed E-state index contributed by atoms with van der Waals surface area (Å²) in [4.78, 5) is 20.4. The Hall–Kier alpha value is -1.06. The minimum absolute atomic E-state index is 0.276. The van der Waals surface area contributed by atoms with Crippen LogP contribution in [0, 0.1) is 0 Å². The van der Waals surface area contributed by atoms with E-state index >= 15 is 0 Å². The molecule has 0 atom stereocenters. The van der Waals surface area contributed by atoms with Crippen molar-refractivity contribution in [2.24, 2.45) is 0 Å². The molecular formula is C12H22O4. The first-order valence-electron chi connectivity index (χ1n) is 6.06. The van der Waals surface area contributed by atoms with E-state index in [0.717, 1.165) is 51.4 Å². The van der Waals surface area contributed by atoms with E-state index in [1.165, 1.54) is 0 Å². The van der Waals surface area contributed by atoms with E-state index in [0.29, 0.717) is 0 Å². The summed E-state index contributed by atoms with van der Waals surface area (Å²) in [7, 11) is 0. The van der Waals surface area contributed by atoms with Gasteiger partial charge in [-0.05, 0) is 12.8 Å². The van der Waals surface area contributed by atoms with Gasteiger partial charge in [-0.25, -0.2) is 0 Å². The SMILES string of the molecule is O=[13C](O)[13CH2]CCCCCCCC[13CH2][13C](=O)O. The first-order valence-corrected chi connectivity index (χ1v) is 6.06. The van der Waals surface area contributed by atoms with Gasteiger partial charge < -0.3 is 10.2 Å². The van der Waals surface area contributed by atoms with E-state index < -0.39 is 11.9 Å². The quantitative estimate of drug-likeness (QED) is 0.425. The first-order chi connectivity index (χ1) is 7.63. The highest BCUT2D eigenvalue weighted by Gasteiger charge is 1.98. The van der Waals surface area contributed by atoms with Gasteiger partial charge in [0.1, 0.15) is 0 Å². The lowest BCUT2D eigenvalue weighted by Crippen LogP contribution is -1.94. The molecule has 0 aromatic heterocycles. The second kappa shape index (κ2) is 10.5. The molecule has 0 aromatic rings. The zero-order chi connectivity index (χ0) is 12.2. The van der Waals surface area contributed by atoms with E-state index in [2.05, 4.69) is 0 Å². The second-order valence-corrected chi connectivity index (χ2v) is 4.12. The molecule has 0 saturated heterocycles. The molecule has 16 heavy (non-hydrogen) atoms. The Morgan fingerprint density at radius 3 is 1.06 bits per heavy atom. The number of rotatable bonds is 11. The predicted molar refractivity (Wildman–Crippen MR) is 61.4 cm³/mol. The molecule has 94 valence electrons. The third-order valence-electron chi connectivity index (χ3n) is 2.53.